The molecule has 0 bridgehead atoms. The highest BCUT2D eigenvalue weighted by Crippen LogP contribution is 1.99. The van der Waals surface area contributed by atoms with Crippen LogP contribution >= 0.6 is 0 Å². The van der Waals surface area contributed by atoms with E-state index in [1.807, 2.05) is 26.8 Å². The summed E-state index contributed by atoms with van der Waals surface area (Å²) in [5.41, 5.74) is 0. The molecule has 0 unspecified atom stereocenters. The lowest BCUT2D eigenvalue weighted by Gasteiger charge is -2.25. The lowest BCUT2D eigenvalue weighted by Crippen LogP contribution is -2.39. The first-order valence-electron chi connectivity index (χ1n) is 4.13. The van der Waals surface area contributed by atoms with Crippen LogP contribution in [0.4, 0.5) is 4.79 Å². The van der Waals surface area contributed by atoms with Gasteiger partial charge in [0.1, 0.15) is 0 Å². The molecule has 3 heteroatoms. The van der Waals surface area contributed by atoms with E-state index in [4.69, 9.17) is 0 Å². The predicted octanol–water partition coefficient (Wildman–Crippen LogP) is 1.91. The van der Waals surface area contributed by atoms with E-state index in [1.165, 1.54) is 0 Å². The smallest absolute Gasteiger partial charge is 0.323 e. The van der Waals surface area contributed by atoms with Gasteiger partial charge in [0, 0.05) is 26.3 Å². The van der Waals surface area contributed by atoms with Crippen LogP contribution in [0.1, 0.15) is 20.8 Å². The highest BCUT2D eigenvalue weighted by atomic mass is 16.2. The Bertz CT molecular complexity index is 175. The van der Waals surface area contributed by atoms with Gasteiger partial charge in [-0.25, -0.2) is 4.79 Å². The van der Waals surface area contributed by atoms with Gasteiger partial charge < -0.3 is 9.80 Å². The Balaban J connectivity index is 4.19. The summed E-state index contributed by atoms with van der Waals surface area (Å²) in [7, 11) is 3.55. The third-order valence-electron chi connectivity index (χ3n) is 1.75. The Morgan fingerprint density at radius 3 is 2.17 bits per heavy atom. The van der Waals surface area contributed by atoms with Gasteiger partial charge in [0.25, 0.3) is 0 Å². The van der Waals surface area contributed by atoms with E-state index in [9.17, 15) is 4.79 Å². The first-order valence-corrected chi connectivity index (χ1v) is 4.13. The predicted molar refractivity (Wildman–Crippen MR) is 50.9 cm³/mol. The SMILES string of the molecule is C/C=C/N(C)C(=O)N(C)C(C)C. The second-order valence-corrected chi connectivity index (χ2v) is 3.08. The molecule has 0 N–H and O–H groups in total. The quantitative estimate of drug-likeness (QED) is 0.621. The molecule has 0 aliphatic carbocycles. The molecule has 0 heterocycles. The molecule has 3 nitrogen and oxygen atoms in total. The molecule has 0 atom stereocenters. The van der Waals surface area contributed by atoms with E-state index < -0.39 is 0 Å². The number of amides is 2. The monoisotopic (exact) mass is 170 g/mol. The van der Waals surface area contributed by atoms with Crippen LogP contribution in [0.5, 0.6) is 0 Å². The summed E-state index contributed by atoms with van der Waals surface area (Å²) >= 11 is 0. The zero-order valence-corrected chi connectivity index (χ0v) is 8.53. The van der Waals surface area contributed by atoms with E-state index in [1.54, 1.807) is 30.1 Å². The molecule has 0 aromatic rings. The van der Waals surface area contributed by atoms with Crippen LogP contribution in [0, 0.1) is 0 Å². The fourth-order valence-electron chi connectivity index (χ4n) is 0.757. The fourth-order valence-corrected chi connectivity index (χ4v) is 0.757. The molecule has 0 fully saturated rings. The number of nitrogens with zero attached hydrogens (tertiary/aromatic N) is 2. The van der Waals surface area contributed by atoms with E-state index in [0.717, 1.165) is 0 Å². The third kappa shape index (κ3) is 2.95. The summed E-state index contributed by atoms with van der Waals surface area (Å²) < 4.78 is 0. The molecule has 0 radical (unpaired) electrons. The molecule has 12 heavy (non-hydrogen) atoms. The number of hydrogen-bond acceptors (Lipinski definition) is 1. The number of carbonyl (C=O) groups excluding carboxylic acids is 1. The number of urea groups is 1. The molecule has 2 amide bonds. The van der Waals surface area contributed by atoms with Gasteiger partial charge >= 0.3 is 6.03 Å². The van der Waals surface area contributed by atoms with Gasteiger partial charge in [-0.3, -0.25) is 0 Å². The minimum Gasteiger partial charge on any atom is -0.325 e. The summed E-state index contributed by atoms with van der Waals surface area (Å²) in [5, 5.41) is 0. The minimum atomic E-state index is 0.0168. The van der Waals surface area contributed by atoms with Crippen molar-refractivity contribution in [2.75, 3.05) is 14.1 Å². The Kier molecular flexibility index (Phi) is 4.40. The van der Waals surface area contributed by atoms with Gasteiger partial charge in [0.2, 0.25) is 0 Å². The van der Waals surface area contributed by atoms with Crippen LogP contribution in [-0.4, -0.2) is 36.0 Å². The Morgan fingerprint density at radius 1 is 1.33 bits per heavy atom. The van der Waals surface area contributed by atoms with Gasteiger partial charge in [-0.2, -0.15) is 0 Å². The molecule has 0 aliphatic heterocycles. The molecule has 0 aliphatic rings. The second-order valence-electron chi connectivity index (χ2n) is 3.08. The van der Waals surface area contributed by atoms with E-state index in [0.29, 0.717) is 0 Å². The summed E-state index contributed by atoms with van der Waals surface area (Å²) in [6.07, 6.45) is 3.59. The van der Waals surface area contributed by atoms with Crippen molar-refractivity contribution < 1.29 is 4.79 Å². The first-order chi connectivity index (χ1) is 5.50. The van der Waals surface area contributed by atoms with E-state index >= 15 is 0 Å². The van der Waals surface area contributed by atoms with Crippen LogP contribution in [0.2, 0.25) is 0 Å². The van der Waals surface area contributed by atoms with Crippen LogP contribution < -0.4 is 0 Å². The van der Waals surface area contributed by atoms with E-state index in [2.05, 4.69) is 0 Å². The van der Waals surface area contributed by atoms with Crippen molar-refractivity contribution in [1.82, 2.24) is 9.80 Å². The van der Waals surface area contributed by atoms with Gasteiger partial charge in [-0.1, -0.05) is 6.08 Å². The van der Waals surface area contributed by atoms with Crippen molar-refractivity contribution in [3.8, 4) is 0 Å². The maximum absolute atomic E-state index is 11.5. The standard InChI is InChI=1S/C9H18N2O/c1-6-7-10(4)9(12)11(5)8(2)3/h6-8H,1-5H3/b7-6+. The van der Waals surface area contributed by atoms with Crippen LogP contribution in [0.15, 0.2) is 12.3 Å². The van der Waals surface area contributed by atoms with Gasteiger partial charge in [-0.05, 0) is 20.8 Å². The topological polar surface area (TPSA) is 23.6 Å². The number of carbonyl (C=O) groups is 1. The van der Waals surface area contributed by atoms with E-state index in [-0.39, 0.29) is 12.1 Å². The molecule has 0 spiro atoms. The second kappa shape index (κ2) is 4.80. The Labute approximate surface area is 74.7 Å². The number of hydrogen-bond donors (Lipinski definition) is 0. The Hall–Kier alpha value is -0.990. The first kappa shape index (κ1) is 11.0. The van der Waals surface area contributed by atoms with Crippen molar-refractivity contribution in [3.05, 3.63) is 12.3 Å². The molecule has 0 saturated heterocycles. The third-order valence-corrected chi connectivity index (χ3v) is 1.75. The Morgan fingerprint density at radius 2 is 1.83 bits per heavy atom. The molecular formula is C9H18N2O. The largest absolute Gasteiger partial charge is 0.325 e. The van der Waals surface area contributed by atoms with Crippen LogP contribution in [0.3, 0.4) is 0 Å². The number of rotatable bonds is 2. The lowest BCUT2D eigenvalue weighted by molar-refractivity contribution is 0.176. The zero-order valence-electron chi connectivity index (χ0n) is 8.53. The highest BCUT2D eigenvalue weighted by Gasteiger charge is 2.13. The average molecular weight is 170 g/mol. The maximum Gasteiger partial charge on any atom is 0.323 e. The maximum atomic E-state index is 11.5. The molecule has 0 rings (SSSR count). The molecular weight excluding hydrogens is 152 g/mol. The van der Waals surface area contributed by atoms with Crippen molar-refractivity contribution in [3.63, 3.8) is 0 Å². The normalized spacial score (nSPS) is 10.8. The molecule has 0 aromatic carbocycles. The fraction of sp³-hybridized carbons (Fsp3) is 0.667. The summed E-state index contributed by atoms with van der Waals surface area (Å²) in [5.74, 6) is 0. The minimum absolute atomic E-state index is 0.0168. The van der Waals surface area contributed by atoms with Crippen molar-refractivity contribution in [1.29, 1.82) is 0 Å². The van der Waals surface area contributed by atoms with Crippen molar-refractivity contribution >= 4 is 6.03 Å². The number of allylic oxidation sites excluding steroid dienone is 1. The molecule has 0 saturated carbocycles. The lowest BCUT2D eigenvalue weighted by atomic mass is 10.3. The molecule has 70 valence electrons. The summed E-state index contributed by atoms with van der Waals surface area (Å²) in [6, 6.07) is 0.258. The summed E-state index contributed by atoms with van der Waals surface area (Å²) in [6.45, 7) is 5.86. The zero-order chi connectivity index (χ0) is 9.72. The van der Waals surface area contributed by atoms with Crippen molar-refractivity contribution in [2.24, 2.45) is 0 Å². The van der Waals surface area contributed by atoms with Crippen LogP contribution in [0.25, 0.3) is 0 Å². The van der Waals surface area contributed by atoms with Gasteiger partial charge in [0.15, 0.2) is 0 Å². The van der Waals surface area contributed by atoms with Gasteiger partial charge in [0.05, 0.1) is 0 Å². The van der Waals surface area contributed by atoms with Crippen LogP contribution in [-0.2, 0) is 0 Å². The molecule has 0 aromatic heterocycles. The summed E-state index contributed by atoms with van der Waals surface area (Å²) in [4.78, 5) is 14.7. The van der Waals surface area contributed by atoms with Gasteiger partial charge in [-0.15, -0.1) is 0 Å². The van der Waals surface area contributed by atoms with Crippen molar-refractivity contribution in [2.45, 2.75) is 26.8 Å². The average Bonchev–Trinajstić information content (AvgIpc) is 2.02. The highest BCUT2D eigenvalue weighted by molar-refractivity contribution is 5.75.